The first-order chi connectivity index (χ1) is 6.75. The molecule has 2 nitrogen and oxygen atoms in total. The van der Waals surface area contributed by atoms with Crippen LogP contribution >= 0.6 is 0 Å². The maximum atomic E-state index is 3.72. The molecule has 0 spiro atoms. The van der Waals surface area contributed by atoms with Crippen molar-refractivity contribution < 1.29 is 0 Å². The largest absolute Gasteiger partial charge is 0.314 e. The van der Waals surface area contributed by atoms with Gasteiger partial charge in [0.1, 0.15) is 0 Å². The van der Waals surface area contributed by atoms with Crippen molar-refractivity contribution in [2.75, 3.05) is 20.1 Å². The lowest BCUT2D eigenvalue weighted by atomic mass is 9.99. The van der Waals surface area contributed by atoms with Crippen LogP contribution in [0.2, 0.25) is 0 Å². The van der Waals surface area contributed by atoms with Crippen LogP contribution in [0, 0.1) is 5.92 Å². The van der Waals surface area contributed by atoms with E-state index in [1.165, 1.54) is 45.2 Å². The van der Waals surface area contributed by atoms with Gasteiger partial charge in [-0.3, -0.25) is 0 Å². The lowest BCUT2D eigenvalue weighted by molar-refractivity contribution is 0.168. The first-order valence-electron chi connectivity index (χ1n) is 6.19. The molecule has 0 amide bonds. The molecule has 0 aromatic heterocycles. The average molecular weight is 196 g/mol. The van der Waals surface area contributed by atoms with Gasteiger partial charge in [0, 0.05) is 12.1 Å². The van der Waals surface area contributed by atoms with Crippen molar-refractivity contribution in [2.24, 2.45) is 5.92 Å². The Balaban J connectivity index is 1.60. The molecule has 82 valence electrons. The van der Waals surface area contributed by atoms with Gasteiger partial charge < -0.3 is 10.2 Å². The Morgan fingerprint density at radius 2 is 2.07 bits per heavy atom. The van der Waals surface area contributed by atoms with Crippen LogP contribution in [0.4, 0.5) is 0 Å². The van der Waals surface area contributed by atoms with Crippen LogP contribution in [-0.2, 0) is 0 Å². The predicted molar refractivity (Wildman–Crippen MR) is 60.5 cm³/mol. The standard InChI is InChI=1S/C12H24N2/c1-10-9-12(6-8-14(10)2)13-7-5-11-3-4-11/h10-13H,3-9H2,1-2H3. The van der Waals surface area contributed by atoms with Crippen molar-refractivity contribution in [3.05, 3.63) is 0 Å². The highest BCUT2D eigenvalue weighted by atomic mass is 15.1. The van der Waals surface area contributed by atoms with E-state index < -0.39 is 0 Å². The minimum Gasteiger partial charge on any atom is -0.314 e. The summed E-state index contributed by atoms with van der Waals surface area (Å²) in [5.41, 5.74) is 0. The Labute approximate surface area is 88.1 Å². The molecular formula is C12H24N2. The number of piperidine rings is 1. The second-order valence-electron chi connectivity index (χ2n) is 5.24. The molecule has 2 fully saturated rings. The van der Waals surface area contributed by atoms with E-state index in [0.29, 0.717) is 0 Å². The van der Waals surface area contributed by atoms with Gasteiger partial charge in [0.25, 0.3) is 0 Å². The monoisotopic (exact) mass is 196 g/mol. The van der Waals surface area contributed by atoms with Crippen molar-refractivity contribution in [1.29, 1.82) is 0 Å². The summed E-state index contributed by atoms with van der Waals surface area (Å²) in [5, 5.41) is 3.72. The minimum atomic E-state index is 0.766. The molecule has 2 rings (SSSR count). The fourth-order valence-electron chi connectivity index (χ4n) is 2.37. The SMILES string of the molecule is CC1CC(NCCC2CC2)CCN1C. The lowest BCUT2D eigenvalue weighted by Crippen LogP contribution is -2.45. The molecule has 2 atom stereocenters. The summed E-state index contributed by atoms with van der Waals surface area (Å²) in [6.45, 7) is 4.86. The number of nitrogens with zero attached hydrogens (tertiary/aromatic N) is 1. The van der Waals surface area contributed by atoms with Crippen LogP contribution < -0.4 is 5.32 Å². The van der Waals surface area contributed by atoms with Crippen molar-refractivity contribution in [3.63, 3.8) is 0 Å². The highest BCUT2D eigenvalue weighted by molar-refractivity contribution is 4.82. The number of nitrogens with one attached hydrogen (secondary N) is 1. The molecule has 0 aromatic rings. The third-order valence-corrected chi connectivity index (χ3v) is 3.89. The Morgan fingerprint density at radius 3 is 2.71 bits per heavy atom. The zero-order valence-electron chi connectivity index (χ0n) is 9.63. The zero-order valence-corrected chi connectivity index (χ0v) is 9.63. The predicted octanol–water partition coefficient (Wildman–Crippen LogP) is 1.86. The van der Waals surface area contributed by atoms with Crippen molar-refractivity contribution in [2.45, 2.75) is 51.1 Å². The summed E-state index contributed by atoms with van der Waals surface area (Å²) in [6, 6.07) is 1.56. The second kappa shape index (κ2) is 4.63. The van der Waals surface area contributed by atoms with Crippen LogP contribution in [0.5, 0.6) is 0 Å². The molecule has 1 aliphatic heterocycles. The van der Waals surface area contributed by atoms with E-state index in [2.05, 4.69) is 24.2 Å². The Hall–Kier alpha value is -0.0800. The average Bonchev–Trinajstić information content (AvgIpc) is 2.95. The number of likely N-dealkylation sites (tertiary alicyclic amines) is 1. The Morgan fingerprint density at radius 1 is 1.29 bits per heavy atom. The fraction of sp³-hybridized carbons (Fsp3) is 1.00. The normalized spacial score (nSPS) is 34.7. The summed E-state index contributed by atoms with van der Waals surface area (Å²) >= 11 is 0. The molecule has 1 saturated heterocycles. The molecule has 0 radical (unpaired) electrons. The smallest absolute Gasteiger partial charge is 0.00940 e. The number of hydrogen-bond donors (Lipinski definition) is 1. The van der Waals surface area contributed by atoms with Gasteiger partial charge in [0.05, 0.1) is 0 Å². The van der Waals surface area contributed by atoms with Crippen LogP contribution in [0.1, 0.15) is 39.0 Å². The third-order valence-electron chi connectivity index (χ3n) is 3.89. The number of hydrogen-bond acceptors (Lipinski definition) is 2. The van der Waals surface area contributed by atoms with Crippen LogP contribution in [0.25, 0.3) is 0 Å². The van der Waals surface area contributed by atoms with E-state index in [4.69, 9.17) is 0 Å². The quantitative estimate of drug-likeness (QED) is 0.738. The second-order valence-corrected chi connectivity index (χ2v) is 5.24. The van der Waals surface area contributed by atoms with Gasteiger partial charge in [-0.1, -0.05) is 12.8 Å². The van der Waals surface area contributed by atoms with Gasteiger partial charge in [-0.2, -0.15) is 0 Å². The summed E-state index contributed by atoms with van der Waals surface area (Å²) in [4.78, 5) is 2.47. The van der Waals surface area contributed by atoms with Gasteiger partial charge in [-0.05, 0) is 52.2 Å². The summed E-state index contributed by atoms with van der Waals surface area (Å²) in [7, 11) is 2.24. The molecule has 1 N–H and O–H groups in total. The topological polar surface area (TPSA) is 15.3 Å². The molecular weight excluding hydrogens is 172 g/mol. The first kappa shape index (κ1) is 10.4. The summed E-state index contributed by atoms with van der Waals surface area (Å²) < 4.78 is 0. The highest BCUT2D eigenvalue weighted by Gasteiger charge is 2.24. The maximum Gasteiger partial charge on any atom is 0.00940 e. The van der Waals surface area contributed by atoms with Crippen LogP contribution in [-0.4, -0.2) is 37.1 Å². The van der Waals surface area contributed by atoms with Crippen LogP contribution in [0.3, 0.4) is 0 Å². The van der Waals surface area contributed by atoms with Gasteiger partial charge in [0.15, 0.2) is 0 Å². The fourth-order valence-corrected chi connectivity index (χ4v) is 2.37. The van der Waals surface area contributed by atoms with E-state index in [1.54, 1.807) is 0 Å². The van der Waals surface area contributed by atoms with E-state index >= 15 is 0 Å². The van der Waals surface area contributed by atoms with Crippen molar-refractivity contribution in [1.82, 2.24) is 10.2 Å². The molecule has 0 aromatic carbocycles. The van der Waals surface area contributed by atoms with Gasteiger partial charge >= 0.3 is 0 Å². The zero-order chi connectivity index (χ0) is 9.97. The Bertz CT molecular complexity index is 177. The van der Waals surface area contributed by atoms with Gasteiger partial charge in [0.2, 0.25) is 0 Å². The molecule has 14 heavy (non-hydrogen) atoms. The van der Waals surface area contributed by atoms with Crippen molar-refractivity contribution in [3.8, 4) is 0 Å². The molecule has 2 unspecified atom stereocenters. The first-order valence-corrected chi connectivity index (χ1v) is 6.19. The highest BCUT2D eigenvalue weighted by Crippen LogP contribution is 2.31. The molecule has 1 heterocycles. The molecule has 1 saturated carbocycles. The van der Waals surface area contributed by atoms with E-state index in [-0.39, 0.29) is 0 Å². The van der Waals surface area contributed by atoms with E-state index in [0.717, 1.165) is 18.0 Å². The molecule has 1 aliphatic carbocycles. The summed E-state index contributed by atoms with van der Waals surface area (Å²) in [6.07, 6.45) is 7.07. The van der Waals surface area contributed by atoms with Gasteiger partial charge in [-0.25, -0.2) is 0 Å². The van der Waals surface area contributed by atoms with E-state index in [9.17, 15) is 0 Å². The maximum absolute atomic E-state index is 3.72. The van der Waals surface area contributed by atoms with Crippen molar-refractivity contribution >= 4 is 0 Å². The van der Waals surface area contributed by atoms with E-state index in [1.807, 2.05) is 0 Å². The summed E-state index contributed by atoms with van der Waals surface area (Å²) in [5.74, 6) is 1.08. The molecule has 0 bridgehead atoms. The molecule has 2 aliphatic rings. The lowest BCUT2D eigenvalue weighted by Gasteiger charge is -2.35. The van der Waals surface area contributed by atoms with Crippen LogP contribution in [0.15, 0.2) is 0 Å². The minimum absolute atomic E-state index is 0.766. The number of rotatable bonds is 4. The Kier molecular flexibility index (Phi) is 3.45. The molecule has 2 heteroatoms. The third kappa shape index (κ3) is 2.96. The van der Waals surface area contributed by atoms with Gasteiger partial charge in [-0.15, -0.1) is 0 Å².